The lowest BCUT2D eigenvalue weighted by atomic mass is 10.2. The molecule has 0 aliphatic heterocycles. The third-order valence-electron chi connectivity index (χ3n) is 3.25. The minimum Gasteiger partial charge on any atom is -0.478 e. The standard InChI is InChI=1S/C14H18N4O4/c1-2-3-4-10-13(15-7-12(19)17-22)18-8-9(14(20)21)5-6-11(18)16-10/h5-6,8,15,22H,2-4,7H2,1H3,(H,17,19)(H,20,21). The van der Waals surface area contributed by atoms with Gasteiger partial charge in [0.25, 0.3) is 5.91 Å². The molecule has 2 rings (SSSR count). The van der Waals surface area contributed by atoms with Crippen LogP contribution in [0.2, 0.25) is 0 Å². The number of carbonyl (C=O) groups is 2. The predicted octanol–water partition coefficient (Wildman–Crippen LogP) is 1.29. The number of fused-ring (bicyclic) bond motifs is 1. The molecular weight excluding hydrogens is 288 g/mol. The quantitative estimate of drug-likeness (QED) is 0.452. The number of amides is 1. The molecule has 22 heavy (non-hydrogen) atoms. The molecule has 2 heterocycles. The number of aryl methyl sites for hydroxylation is 1. The maximum Gasteiger partial charge on any atom is 0.337 e. The number of carboxylic acid groups (broad SMARTS) is 1. The van der Waals surface area contributed by atoms with Crippen LogP contribution in [0, 0.1) is 0 Å². The van der Waals surface area contributed by atoms with Crippen LogP contribution in [0.25, 0.3) is 5.65 Å². The van der Waals surface area contributed by atoms with E-state index in [0.29, 0.717) is 17.9 Å². The number of aromatic carboxylic acids is 1. The smallest absolute Gasteiger partial charge is 0.337 e. The van der Waals surface area contributed by atoms with Gasteiger partial charge in [0.1, 0.15) is 11.5 Å². The Bertz CT molecular complexity index is 695. The summed E-state index contributed by atoms with van der Waals surface area (Å²) in [5.74, 6) is -1.06. The molecule has 0 saturated carbocycles. The molecule has 0 spiro atoms. The Balaban J connectivity index is 2.42. The lowest BCUT2D eigenvalue weighted by Crippen LogP contribution is -2.27. The molecule has 0 atom stereocenters. The van der Waals surface area contributed by atoms with Gasteiger partial charge in [-0.1, -0.05) is 13.3 Å². The van der Waals surface area contributed by atoms with E-state index in [9.17, 15) is 9.59 Å². The third kappa shape index (κ3) is 3.34. The van der Waals surface area contributed by atoms with Gasteiger partial charge in [-0.25, -0.2) is 15.3 Å². The van der Waals surface area contributed by atoms with Gasteiger partial charge in [0.15, 0.2) is 0 Å². The molecule has 0 saturated heterocycles. The van der Waals surface area contributed by atoms with Gasteiger partial charge in [-0.2, -0.15) is 0 Å². The lowest BCUT2D eigenvalue weighted by Gasteiger charge is -2.08. The molecule has 8 heteroatoms. The SMILES string of the molecule is CCCCc1nc2ccc(C(=O)O)cn2c1NCC(=O)NO. The van der Waals surface area contributed by atoms with Crippen molar-refractivity contribution in [3.8, 4) is 0 Å². The lowest BCUT2D eigenvalue weighted by molar-refractivity contribution is -0.127. The van der Waals surface area contributed by atoms with Crippen molar-refractivity contribution in [2.45, 2.75) is 26.2 Å². The van der Waals surface area contributed by atoms with Crippen LogP contribution in [-0.2, 0) is 11.2 Å². The highest BCUT2D eigenvalue weighted by Gasteiger charge is 2.14. The number of carboxylic acids is 1. The van der Waals surface area contributed by atoms with E-state index in [1.54, 1.807) is 15.9 Å². The summed E-state index contributed by atoms with van der Waals surface area (Å²) in [6.07, 6.45) is 4.09. The van der Waals surface area contributed by atoms with E-state index in [1.165, 1.54) is 12.3 Å². The summed E-state index contributed by atoms with van der Waals surface area (Å²) in [4.78, 5) is 26.8. The van der Waals surface area contributed by atoms with E-state index in [2.05, 4.69) is 17.2 Å². The monoisotopic (exact) mass is 306 g/mol. The molecule has 4 N–H and O–H groups in total. The van der Waals surface area contributed by atoms with Crippen LogP contribution in [0.4, 0.5) is 5.82 Å². The second kappa shape index (κ2) is 6.90. The van der Waals surface area contributed by atoms with Crippen molar-refractivity contribution in [1.82, 2.24) is 14.9 Å². The molecule has 2 aromatic heterocycles. The van der Waals surface area contributed by atoms with Crippen LogP contribution < -0.4 is 10.8 Å². The van der Waals surface area contributed by atoms with Crippen molar-refractivity contribution in [3.05, 3.63) is 29.6 Å². The number of nitrogens with one attached hydrogen (secondary N) is 2. The molecule has 1 amide bonds. The minimum absolute atomic E-state index is 0.126. The molecule has 8 nitrogen and oxygen atoms in total. The Hall–Kier alpha value is -2.61. The van der Waals surface area contributed by atoms with Gasteiger partial charge >= 0.3 is 5.97 Å². The van der Waals surface area contributed by atoms with Crippen LogP contribution >= 0.6 is 0 Å². The van der Waals surface area contributed by atoms with Gasteiger partial charge in [-0.3, -0.25) is 14.4 Å². The van der Waals surface area contributed by atoms with Crippen LogP contribution in [0.1, 0.15) is 35.8 Å². The molecule has 118 valence electrons. The molecule has 0 fully saturated rings. The van der Waals surface area contributed by atoms with Crippen LogP contribution in [0.3, 0.4) is 0 Å². The van der Waals surface area contributed by atoms with Crippen molar-refractivity contribution in [3.63, 3.8) is 0 Å². The largest absolute Gasteiger partial charge is 0.478 e. The number of imidazole rings is 1. The minimum atomic E-state index is -1.04. The first-order valence-electron chi connectivity index (χ1n) is 6.98. The average Bonchev–Trinajstić information content (AvgIpc) is 2.87. The zero-order valence-electron chi connectivity index (χ0n) is 12.2. The highest BCUT2D eigenvalue weighted by Crippen LogP contribution is 2.21. The van der Waals surface area contributed by atoms with Crippen molar-refractivity contribution in [2.24, 2.45) is 0 Å². The number of nitrogens with zero attached hydrogens (tertiary/aromatic N) is 2. The molecule has 0 aliphatic carbocycles. The first-order chi connectivity index (χ1) is 10.6. The number of unbranched alkanes of at least 4 members (excludes halogenated alkanes) is 1. The second-order valence-electron chi connectivity index (χ2n) is 4.85. The Morgan fingerprint density at radius 1 is 1.36 bits per heavy atom. The van der Waals surface area contributed by atoms with Crippen molar-refractivity contribution in [2.75, 3.05) is 11.9 Å². The van der Waals surface area contributed by atoms with E-state index in [0.717, 1.165) is 18.5 Å². The fraction of sp³-hybridized carbons (Fsp3) is 0.357. The van der Waals surface area contributed by atoms with E-state index in [-0.39, 0.29) is 12.1 Å². The third-order valence-corrected chi connectivity index (χ3v) is 3.25. The molecule has 0 unspecified atom stereocenters. The van der Waals surface area contributed by atoms with Gasteiger partial charge in [0, 0.05) is 6.20 Å². The summed E-state index contributed by atoms with van der Waals surface area (Å²) in [6.45, 7) is 1.92. The van der Waals surface area contributed by atoms with Crippen molar-refractivity contribution < 1.29 is 19.9 Å². The molecule has 0 aliphatic rings. The summed E-state index contributed by atoms with van der Waals surface area (Å²) in [5.41, 5.74) is 3.03. The molecular formula is C14H18N4O4. The first kappa shape index (κ1) is 15.8. The highest BCUT2D eigenvalue weighted by atomic mass is 16.5. The van der Waals surface area contributed by atoms with Crippen molar-refractivity contribution >= 4 is 23.3 Å². The average molecular weight is 306 g/mol. The molecule has 0 bridgehead atoms. The van der Waals surface area contributed by atoms with E-state index < -0.39 is 11.9 Å². The van der Waals surface area contributed by atoms with E-state index in [1.807, 2.05) is 0 Å². The molecule has 0 aromatic carbocycles. The second-order valence-corrected chi connectivity index (χ2v) is 4.85. The van der Waals surface area contributed by atoms with Crippen LogP contribution in [-0.4, -0.2) is 38.1 Å². The summed E-state index contributed by atoms with van der Waals surface area (Å²) in [5, 5.41) is 20.6. The summed E-state index contributed by atoms with van der Waals surface area (Å²) in [6, 6.07) is 3.11. The number of pyridine rings is 1. The van der Waals surface area contributed by atoms with Gasteiger partial charge in [-0.15, -0.1) is 0 Å². The Morgan fingerprint density at radius 2 is 2.14 bits per heavy atom. The van der Waals surface area contributed by atoms with E-state index in [4.69, 9.17) is 10.3 Å². The summed E-state index contributed by atoms with van der Waals surface area (Å²) in [7, 11) is 0. The van der Waals surface area contributed by atoms with Crippen LogP contribution in [0.15, 0.2) is 18.3 Å². The van der Waals surface area contributed by atoms with Gasteiger partial charge < -0.3 is 10.4 Å². The summed E-state index contributed by atoms with van der Waals surface area (Å²) < 4.78 is 1.61. The number of hydrogen-bond donors (Lipinski definition) is 4. The number of anilines is 1. The van der Waals surface area contributed by atoms with E-state index >= 15 is 0 Å². The maximum atomic E-state index is 11.2. The molecule has 2 aromatic rings. The normalized spacial score (nSPS) is 10.6. The Labute approximate surface area is 126 Å². The highest BCUT2D eigenvalue weighted by molar-refractivity contribution is 5.88. The number of carbonyl (C=O) groups excluding carboxylic acids is 1. The van der Waals surface area contributed by atoms with Gasteiger partial charge in [0.2, 0.25) is 0 Å². The number of hydrogen-bond acceptors (Lipinski definition) is 5. The first-order valence-corrected chi connectivity index (χ1v) is 6.98. The zero-order chi connectivity index (χ0) is 16.1. The van der Waals surface area contributed by atoms with Gasteiger partial charge in [0.05, 0.1) is 17.8 Å². The van der Waals surface area contributed by atoms with Gasteiger partial charge in [-0.05, 0) is 25.0 Å². The number of aromatic nitrogens is 2. The Morgan fingerprint density at radius 3 is 2.77 bits per heavy atom. The number of rotatable bonds is 7. The summed E-state index contributed by atoms with van der Waals surface area (Å²) >= 11 is 0. The van der Waals surface area contributed by atoms with Crippen molar-refractivity contribution in [1.29, 1.82) is 0 Å². The predicted molar refractivity (Wildman–Crippen MR) is 79.2 cm³/mol. The fourth-order valence-electron chi connectivity index (χ4n) is 2.13. The molecule has 0 radical (unpaired) electrons. The topological polar surface area (TPSA) is 116 Å². The zero-order valence-corrected chi connectivity index (χ0v) is 12.2. The maximum absolute atomic E-state index is 11.2. The Kier molecular flexibility index (Phi) is 4.95. The number of hydroxylamine groups is 1. The fourth-order valence-corrected chi connectivity index (χ4v) is 2.13. The van der Waals surface area contributed by atoms with Crippen LogP contribution in [0.5, 0.6) is 0 Å².